The Kier molecular flexibility index (Phi) is 4.83. The van der Waals surface area contributed by atoms with E-state index < -0.39 is 0 Å². The van der Waals surface area contributed by atoms with E-state index >= 15 is 0 Å². The van der Waals surface area contributed by atoms with E-state index in [2.05, 4.69) is 10.3 Å². The normalized spacial score (nSPS) is 10.7. The highest BCUT2D eigenvalue weighted by Gasteiger charge is 2.11. The van der Waals surface area contributed by atoms with Crippen LogP contribution in [0.5, 0.6) is 5.75 Å². The van der Waals surface area contributed by atoms with Crippen LogP contribution in [0.1, 0.15) is 16.2 Å². The Balaban J connectivity index is 1.62. The van der Waals surface area contributed by atoms with Gasteiger partial charge in [0, 0.05) is 11.3 Å². The second-order valence-corrected chi connectivity index (χ2v) is 6.55. The molecule has 0 saturated heterocycles. The van der Waals surface area contributed by atoms with Gasteiger partial charge in [-0.3, -0.25) is 14.2 Å². The lowest BCUT2D eigenvalue weighted by Gasteiger charge is -2.12. The molecule has 144 valence electrons. The molecule has 1 N–H and O–H groups in total. The van der Waals surface area contributed by atoms with E-state index in [1.165, 1.54) is 0 Å². The summed E-state index contributed by atoms with van der Waals surface area (Å²) in [7, 11) is 1.56. The van der Waals surface area contributed by atoms with Gasteiger partial charge in [0.2, 0.25) is 0 Å². The van der Waals surface area contributed by atoms with Crippen molar-refractivity contribution in [2.75, 3.05) is 12.4 Å². The molecular weight excluding hydrogens is 366 g/mol. The third-order valence-electron chi connectivity index (χ3n) is 4.66. The molecule has 3 aromatic carbocycles. The number of para-hydroxylation sites is 1. The van der Waals surface area contributed by atoms with E-state index in [4.69, 9.17) is 4.74 Å². The highest BCUT2D eigenvalue weighted by Crippen LogP contribution is 2.18. The molecule has 0 spiro atoms. The summed E-state index contributed by atoms with van der Waals surface area (Å²) >= 11 is 0. The highest BCUT2D eigenvalue weighted by molar-refractivity contribution is 6.04. The maximum absolute atomic E-state index is 12.9. The van der Waals surface area contributed by atoms with Gasteiger partial charge in [-0.25, -0.2) is 4.98 Å². The lowest BCUT2D eigenvalue weighted by Crippen LogP contribution is -2.22. The zero-order valence-electron chi connectivity index (χ0n) is 16.0. The molecule has 29 heavy (non-hydrogen) atoms. The number of anilines is 1. The van der Waals surface area contributed by atoms with E-state index in [0.29, 0.717) is 39.4 Å². The number of nitrogens with zero attached hydrogens (tertiary/aromatic N) is 2. The first kappa shape index (κ1) is 18.4. The van der Waals surface area contributed by atoms with Crippen molar-refractivity contribution >= 4 is 22.5 Å². The molecule has 4 rings (SSSR count). The third kappa shape index (κ3) is 3.60. The monoisotopic (exact) mass is 385 g/mol. The lowest BCUT2D eigenvalue weighted by atomic mass is 10.2. The van der Waals surface area contributed by atoms with Crippen LogP contribution in [0.2, 0.25) is 0 Å². The molecule has 6 heteroatoms. The van der Waals surface area contributed by atoms with Gasteiger partial charge in [-0.15, -0.1) is 0 Å². The molecule has 0 radical (unpaired) electrons. The van der Waals surface area contributed by atoms with Crippen LogP contribution in [0.4, 0.5) is 5.69 Å². The number of carbonyl (C=O) groups is 1. The van der Waals surface area contributed by atoms with Crippen LogP contribution in [-0.2, 0) is 0 Å². The van der Waals surface area contributed by atoms with Crippen LogP contribution >= 0.6 is 0 Å². The van der Waals surface area contributed by atoms with Crippen molar-refractivity contribution in [3.8, 4) is 11.4 Å². The molecule has 1 amide bonds. The molecule has 0 fully saturated rings. The fraction of sp³-hybridized carbons (Fsp3) is 0.0870. The van der Waals surface area contributed by atoms with Crippen molar-refractivity contribution < 1.29 is 9.53 Å². The average Bonchev–Trinajstić information content (AvgIpc) is 2.75. The molecule has 4 aromatic rings. The number of aryl methyl sites for hydroxylation is 1. The van der Waals surface area contributed by atoms with Crippen LogP contribution in [-0.4, -0.2) is 22.6 Å². The number of methoxy groups -OCH3 is 1. The van der Waals surface area contributed by atoms with E-state index in [1.54, 1.807) is 73.2 Å². The number of nitrogens with one attached hydrogen (secondary N) is 1. The number of amides is 1. The summed E-state index contributed by atoms with van der Waals surface area (Å²) in [6, 6.07) is 21.3. The lowest BCUT2D eigenvalue weighted by molar-refractivity contribution is 0.102. The molecule has 1 aromatic heterocycles. The summed E-state index contributed by atoms with van der Waals surface area (Å²) in [5.74, 6) is 0.978. The van der Waals surface area contributed by atoms with Crippen LogP contribution < -0.4 is 15.6 Å². The first-order valence-electron chi connectivity index (χ1n) is 9.11. The molecule has 6 nitrogen and oxygen atoms in total. The van der Waals surface area contributed by atoms with Gasteiger partial charge in [0.15, 0.2) is 0 Å². The van der Waals surface area contributed by atoms with Gasteiger partial charge < -0.3 is 10.1 Å². The summed E-state index contributed by atoms with van der Waals surface area (Å²) < 4.78 is 6.72. The van der Waals surface area contributed by atoms with Gasteiger partial charge in [0.1, 0.15) is 11.6 Å². The molecule has 1 heterocycles. The molecule has 0 aliphatic heterocycles. The Morgan fingerprint density at radius 1 is 1.00 bits per heavy atom. The quantitative estimate of drug-likeness (QED) is 0.577. The standard InChI is InChI=1S/C23H19N3O3/c1-15-24-21-9-4-3-8-20(21)23(28)26(15)18-12-10-17(11-13-18)25-22(27)16-6-5-7-19(14-16)29-2/h3-14H,1-2H3,(H,25,27). The van der Waals surface area contributed by atoms with Gasteiger partial charge in [-0.1, -0.05) is 18.2 Å². The van der Waals surface area contributed by atoms with Crippen molar-refractivity contribution in [1.29, 1.82) is 0 Å². The van der Waals surface area contributed by atoms with Crippen LogP contribution in [0, 0.1) is 6.92 Å². The second-order valence-electron chi connectivity index (χ2n) is 6.55. The Bertz CT molecular complexity index is 1260. The number of carbonyl (C=O) groups excluding carboxylic acids is 1. The average molecular weight is 385 g/mol. The topological polar surface area (TPSA) is 73.2 Å². The first-order valence-corrected chi connectivity index (χ1v) is 9.11. The Labute approximate surface area is 167 Å². The molecule has 0 aliphatic rings. The van der Waals surface area contributed by atoms with Gasteiger partial charge in [0.05, 0.1) is 23.7 Å². The Morgan fingerprint density at radius 2 is 1.76 bits per heavy atom. The molecule has 0 bridgehead atoms. The van der Waals surface area contributed by atoms with E-state index in [-0.39, 0.29) is 11.5 Å². The van der Waals surface area contributed by atoms with Crippen LogP contribution in [0.3, 0.4) is 0 Å². The summed E-state index contributed by atoms with van der Waals surface area (Å²) in [6.07, 6.45) is 0. The summed E-state index contributed by atoms with van der Waals surface area (Å²) in [6.45, 7) is 1.80. The van der Waals surface area contributed by atoms with Gasteiger partial charge >= 0.3 is 0 Å². The number of hydrogen-bond acceptors (Lipinski definition) is 4. The molecule has 0 saturated carbocycles. The highest BCUT2D eigenvalue weighted by atomic mass is 16.5. The maximum atomic E-state index is 12.9. The van der Waals surface area contributed by atoms with Gasteiger partial charge in [-0.2, -0.15) is 0 Å². The van der Waals surface area contributed by atoms with Crippen molar-refractivity contribution in [2.24, 2.45) is 0 Å². The minimum absolute atomic E-state index is 0.124. The number of aromatic nitrogens is 2. The Hall–Kier alpha value is -3.93. The van der Waals surface area contributed by atoms with E-state index in [0.717, 1.165) is 0 Å². The maximum Gasteiger partial charge on any atom is 0.265 e. The fourth-order valence-electron chi connectivity index (χ4n) is 3.21. The largest absolute Gasteiger partial charge is 0.497 e. The second kappa shape index (κ2) is 7.59. The van der Waals surface area contributed by atoms with Crippen LogP contribution in [0.25, 0.3) is 16.6 Å². The van der Waals surface area contributed by atoms with E-state index in [1.807, 2.05) is 18.2 Å². The minimum Gasteiger partial charge on any atom is -0.497 e. The summed E-state index contributed by atoms with van der Waals surface area (Å²) in [4.78, 5) is 29.9. The SMILES string of the molecule is COc1cccc(C(=O)Nc2ccc(-n3c(C)nc4ccccc4c3=O)cc2)c1. The summed E-state index contributed by atoms with van der Waals surface area (Å²) in [5.41, 5.74) is 2.36. The van der Waals surface area contributed by atoms with Crippen molar-refractivity contribution in [3.63, 3.8) is 0 Å². The number of fused-ring (bicyclic) bond motifs is 1. The van der Waals surface area contributed by atoms with Crippen molar-refractivity contribution in [2.45, 2.75) is 6.92 Å². The van der Waals surface area contributed by atoms with Crippen molar-refractivity contribution in [3.05, 3.63) is 94.5 Å². The molecule has 0 atom stereocenters. The predicted octanol–water partition coefficient (Wildman–Crippen LogP) is 3.96. The van der Waals surface area contributed by atoms with Crippen molar-refractivity contribution in [1.82, 2.24) is 9.55 Å². The minimum atomic E-state index is -0.239. The third-order valence-corrected chi connectivity index (χ3v) is 4.66. The number of rotatable bonds is 4. The fourth-order valence-corrected chi connectivity index (χ4v) is 3.21. The van der Waals surface area contributed by atoms with E-state index in [9.17, 15) is 9.59 Å². The number of hydrogen-bond donors (Lipinski definition) is 1. The molecule has 0 aliphatic carbocycles. The molecular formula is C23H19N3O3. The predicted molar refractivity (Wildman–Crippen MR) is 113 cm³/mol. The smallest absolute Gasteiger partial charge is 0.265 e. The van der Waals surface area contributed by atoms with Gasteiger partial charge in [0.25, 0.3) is 11.5 Å². The number of benzene rings is 3. The zero-order valence-corrected chi connectivity index (χ0v) is 16.0. The number of ether oxygens (including phenoxy) is 1. The van der Waals surface area contributed by atoms with Gasteiger partial charge in [-0.05, 0) is 61.5 Å². The van der Waals surface area contributed by atoms with Crippen LogP contribution in [0.15, 0.2) is 77.6 Å². The summed E-state index contributed by atoms with van der Waals surface area (Å²) in [5, 5.41) is 3.41. The first-order chi connectivity index (χ1) is 14.1. The zero-order chi connectivity index (χ0) is 20.4. The molecule has 0 unspecified atom stereocenters. The Morgan fingerprint density at radius 3 is 2.52 bits per heavy atom.